The summed E-state index contributed by atoms with van der Waals surface area (Å²) in [7, 11) is 0. The third-order valence-electron chi connectivity index (χ3n) is 3.78. The summed E-state index contributed by atoms with van der Waals surface area (Å²) in [6.45, 7) is 1.06. The van der Waals surface area contributed by atoms with Gasteiger partial charge < -0.3 is 14.6 Å². The number of nitrogens with zero attached hydrogens (tertiary/aromatic N) is 2. The molecule has 26 heavy (non-hydrogen) atoms. The number of carbonyl (C=O) groups excluding carboxylic acids is 2. The average molecular weight is 366 g/mol. The predicted molar refractivity (Wildman–Crippen MR) is 86.9 cm³/mol. The van der Waals surface area contributed by atoms with E-state index in [2.05, 4.69) is 0 Å². The zero-order valence-corrected chi connectivity index (χ0v) is 13.9. The van der Waals surface area contributed by atoms with Crippen LogP contribution in [0.4, 0.5) is 5.69 Å². The van der Waals surface area contributed by atoms with Crippen molar-refractivity contribution < 1.29 is 33.9 Å². The highest BCUT2D eigenvalue weighted by Crippen LogP contribution is 2.24. The molecule has 1 aromatic carbocycles. The summed E-state index contributed by atoms with van der Waals surface area (Å²) in [4.78, 5) is 46.3. The van der Waals surface area contributed by atoms with E-state index in [-0.39, 0.29) is 12.3 Å². The molecule has 10 nitrogen and oxygen atoms in total. The van der Waals surface area contributed by atoms with Gasteiger partial charge in [-0.1, -0.05) is 6.42 Å². The van der Waals surface area contributed by atoms with Gasteiger partial charge in [0.2, 0.25) is 0 Å². The van der Waals surface area contributed by atoms with Crippen LogP contribution in [0.2, 0.25) is 0 Å². The van der Waals surface area contributed by atoms with Gasteiger partial charge in [-0.3, -0.25) is 19.8 Å². The zero-order chi connectivity index (χ0) is 19.1. The Labute approximate surface area is 148 Å². The van der Waals surface area contributed by atoms with E-state index in [0.29, 0.717) is 0 Å². The Kier molecular flexibility index (Phi) is 6.61. The number of hydrogen-bond donors (Lipinski definition) is 1. The maximum atomic E-state index is 11.7. The second-order valence-corrected chi connectivity index (χ2v) is 5.71. The Bertz CT molecular complexity index is 712. The van der Waals surface area contributed by atoms with E-state index in [4.69, 9.17) is 14.6 Å². The first-order valence-electron chi connectivity index (χ1n) is 7.97. The molecule has 2 rings (SSSR count). The number of carbonyl (C=O) groups is 3. The standard InChI is InChI=1S/C16H18N2O8/c19-14(9-17-6-2-1-3-7-17)25-10-15(20)26-11-4-5-12(16(21)22)13(8-11)18(23)24/h4-5,8H,1-3,6-7,9-10H2,(H,21,22). The highest BCUT2D eigenvalue weighted by atomic mass is 16.6. The van der Waals surface area contributed by atoms with Gasteiger partial charge in [-0.05, 0) is 38.1 Å². The van der Waals surface area contributed by atoms with Crippen LogP contribution >= 0.6 is 0 Å². The number of nitro benzene ring substituents is 1. The van der Waals surface area contributed by atoms with Crippen LogP contribution in [0.3, 0.4) is 0 Å². The van der Waals surface area contributed by atoms with Crippen molar-refractivity contribution in [3.8, 4) is 5.75 Å². The number of rotatable bonds is 7. The van der Waals surface area contributed by atoms with Crippen molar-refractivity contribution in [2.24, 2.45) is 0 Å². The fraction of sp³-hybridized carbons (Fsp3) is 0.438. The molecule has 0 radical (unpaired) electrons. The van der Waals surface area contributed by atoms with Crippen molar-refractivity contribution in [3.05, 3.63) is 33.9 Å². The molecule has 1 saturated heterocycles. The van der Waals surface area contributed by atoms with Gasteiger partial charge in [0, 0.05) is 0 Å². The number of benzene rings is 1. The van der Waals surface area contributed by atoms with Crippen LogP contribution in [-0.2, 0) is 14.3 Å². The normalized spacial score (nSPS) is 14.5. The van der Waals surface area contributed by atoms with E-state index >= 15 is 0 Å². The summed E-state index contributed by atoms with van der Waals surface area (Å²) in [6, 6.07) is 2.91. The Hall–Kier alpha value is -3.01. The summed E-state index contributed by atoms with van der Waals surface area (Å²) in [5, 5.41) is 19.8. The fourth-order valence-electron chi connectivity index (χ4n) is 2.55. The lowest BCUT2D eigenvalue weighted by Crippen LogP contribution is -2.36. The van der Waals surface area contributed by atoms with Crippen molar-refractivity contribution in [3.63, 3.8) is 0 Å². The first-order chi connectivity index (χ1) is 12.4. The molecule has 0 aliphatic carbocycles. The molecule has 0 unspecified atom stereocenters. The number of aromatic carboxylic acids is 1. The minimum atomic E-state index is -1.47. The molecule has 0 aromatic heterocycles. The molecule has 1 fully saturated rings. The summed E-state index contributed by atoms with van der Waals surface area (Å²) in [5.74, 6) is -3.16. The molecule has 0 saturated carbocycles. The molecule has 1 aliphatic heterocycles. The first kappa shape index (κ1) is 19.3. The Morgan fingerprint density at radius 2 is 1.85 bits per heavy atom. The lowest BCUT2D eigenvalue weighted by Gasteiger charge is -2.25. The number of nitro groups is 1. The number of carboxylic acid groups (broad SMARTS) is 1. The van der Waals surface area contributed by atoms with Gasteiger partial charge >= 0.3 is 17.9 Å². The molecule has 0 atom stereocenters. The zero-order valence-electron chi connectivity index (χ0n) is 13.9. The van der Waals surface area contributed by atoms with Crippen molar-refractivity contribution in [1.29, 1.82) is 0 Å². The molecule has 1 N–H and O–H groups in total. The predicted octanol–water partition coefficient (Wildman–Crippen LogP) is 1.23. The monoisotopic (exact) mass is 366 g/mol. The number of hydrogen-bond acceptors (Lipinski definition) is 8. The minimum Gasteiger partial charge on any atom is -0.477 e. The lowest BCUT2D eigenvalue weighted by atomic mass is 10.1. The Balaban J connectivity index is 1.87. The highest BCUT2D eigenvalue weighted by molar-refractivity contribution is 5.92. The van der Waals surface area contributed by atoms with Gasteiger partial charge in [-0.25, -0.2) is 9.59 Å². The second-order valence-electron chi connectivity index (χ2n) is 5.71. The van der Waals surface area contributed by atoms with E-state index in [1.165, 1.54) is 0 Å². The third kappa shape index (κ3) is 5.52. The topological polar surface area (TPSA) is 136 Å². The highest BCUT2D eigenvalue weighted by Gasteiger charge is 2.22. The summed E-state index contributed by atoms with van der Waals surface area (Å²) in [5.41, 5.74) is -1.23. The van der Waals surface area contributed by atoms with Crippen LogP contribution in [0, 0.1) is 10.1 Å². The van der Waals surface area contributed by atoms with Crippen LogP contribution in [0.5, 0.6) is 5.75 Å². The quantitative estimate of drug-likeness (QED) is 0.327. The van der Waals surface area contributed by atoms with Gasteiger partial charge in [0.05, 0.1) is 17.5 Å². The van der Waals surface area contributed by atoms with Crippen LogP contribution in [0.15, 0.2) is 18.2 Å². The number of ether oxygens (including phenoxy) is 2. The molecular weight excluding hydrogens is 348 g/mol. The van der Waals surface area contributed by atoms with Gasteiger partial charge in [-0.2, -0.15) is 0 Å². The van der Waals surface area contributed by atoms with Crippen molar-refractivity contribution in [1.82, 2.24) is 4.90 Å². The number of carboxylic acids is 1. The summed E-state index contributed by atoms with van der Waals surface area (Å²) >= 11 is 0. The van der Waals surface area contributed by atoms with Crippen molar-refractivity contribution in [2.45, 2.75) is 19.3 Å². The molecule has 0 spiro atoms. The van der Waals surface area contributed by atoms with E-state index in [0.717, 1.165) is 50.6 Å². The maximum Gasteiger partial charge on any atom is 0.349 e. The van der Waals surface area contributed by atoms with Crippen LogP contribution in [-0.4, -0.2) is 59.1 Å². The summed E-state index contributed by atoms with van der Waals surface area (Å²) in [6.07, 6.45) is 3.16. The van der Waals surface area contributed by atoms with Gasteiger partial charge in [0.15, 0.2) is 6.61 Å². The number of likely N-dealkylation sites (tertiary alicyclic amines) is 1. The first-order valence-corrected chi connectivity index (χ1v) is 7.97. The van der Waals surface area contributed by atoms with E-state index in [1.54, 1.807) is 0 Å². The minimum absolute atomic E-state index is 0.0893. The van der Waals surface area contributed by atoms with Crippen LogP contribution in [0.25, 0.3) is 0 Å². The van der Waals surface area contributed by atoms with Crippen molar-refractivity contribution >= 4 is 23.6 Å². The average Bonchev–Trinajstić information content (AvgIpc) is 2.60. The Morgan fingerprint density at radius 3 is 2.46 bits per heavy atom. The smallest absolute Gasteiger partial charge is 0.349 e. The SMILES string of the molecule is O=C(CN1CCCCC1)OCC(=O)Oc1ccc(C(=O)O)c([N+](=O)[O-])c1. The molecule has 1 aromatic rings. The molecule has 0 bridgehead atoms. The van der Waals surface area contributed by atoms with Gasteiger partial charge in [0.25, 0.3) is 5.69 Å². The summed E-state index contributed by atoms with van der Waals surface area (Å²) < 4.78 is 9.69. The third-order valence-corrected chi connectivity index (χ3v) is 3.78. The molecule has 1 heterocycles. The van der Waals surface area contributed by atoms with Gasteiger partial charge in [-0.15, -0.1) is 0 Å². The van der Waals surface area contributed by atoms with Crippen LogP contribution in [0.1, 0.15) is 29.6 Å². The maximum absolute atomic E-state index is 11.7. The lowest BCUT2D eigenvalue weighted by molar-refractivity contribution is -0.385. The largest absolute Gasteiger partial charge is 0.477 e. The molecule has 10 heteroatoms. The number of piperidine rings is 1. The van der Waals surface area contributed by atoms with Gasteiger partial charge in [0.1, 0.15) is 11.3 Å². The Morgan fingerprint density at radius 1 is 1.15 bits per heavy atom. The van der Waals surface area contributed by atoms with Crippen LogP contribution < -0.4 is 4.74 Å². The fourth-order valence-corrected chi connectivity index (χ4v) is 2.55. The molecular formula is C16H18N2O8. The molecule has 140 valence electrons. The van der Waals surface area contributed by atoms with Crippen molar-refractivity contribution in [2.75, 3.05) is 26.2 Å². The second kappa shape index (κ2) is 8.90. The van der Waals surface area contributed by atoms with E-state index in [9.17, 15) is 24.5 Å². The molecule has 1 aliphatic rings. The number of esters is 2. The molecule has 0 amide bonds. The van der Waals surface area contributed by atoms with E-state index < -0.39 is 40.7 Å². The van der Waals surface area contributed by atoms with E-state index in [1.807, 2.05) is 4.90 Å².